The van der Waals surface area contributed by atoms with E-state index in [0.717, 1.165) is 21.7 Å². The van der Waals surface area contributed by atoms with Crippen molar-refractivity contribution < 1.29 is 5.11 Å². The number of hydrogen-bond donors (Lipinski definition) is 1. The highest BCUT2D eigenvalue weighted by atomic mass is 35.5. The zero-order valence-corrected chi connectivity index (χ0v) is 10.4. The molecule has 1 aromatic heterocycles. The van der Waals surface area contributed by atoms with Gasteiger partial charge in [0, 0.05) is 15.0 Å². The summed E-state index contributed by atoms with van der Waals surface area (Å²) in [7, 11) is 0. The summed E-state index contributed by atoms with van der Waals surface area (Å²) in [5.74, 6) is 0. The summed E-state index contributed by atoms with van der Waals surface area (Å²) in [5.41, 5.74) is 0. The van der Waals surface area contributed by atoms with Gasteiger partial charge < -0.3 is 5.11 Å². The Morgan fingerprint density at radius 2 is 2.19 bits per heavy atom. The third-order valence-corrected chi connectivity index (χ3v) is 4.32. The van der Waals surface area contributed by atoms with E-state index in [-0.39, 0.29) is 0 Å². The number of aryl methyl sites for hydroxylation is 1. The van der Waals surface area contributed by atoms with Crippen LogP contribution in [0, 0.1) is 0 Å². The molecule has 0 aliphatic carbocycles. The lowest BCUT2D eigenvalue weighted by atomic mass is 10.1. The quantitative estimate of drug-likeness (QED) is 0.815. The molecule has 0 saturated heterocycles. The maximum absolute atomic E-state index is 9.43. The molecular weight excluding hydrogens is 240 g/mol. The van der Waals surface area contributed by atoms with Crippen LogP contribution in [0.2, 0.25) is 5.02 Å². The SMILES string of the molecule is C=CC(O)CCc1sc2ccccc2c1Cl. The van der Waals surface area contributed by atoms with Crippen LogP contribution in [-0.2, 0) is 6.42 Å². The van der Waals surface area contributed by atoms with Gasteiger partial charge in [0.1, 0.15) is 0 Å². The molecule has 0 saturated carbocycles. The minimum absolute atomic E-state index is 0.443. The predicted molar refractivity (Wildman–Crippen MR) is 71.4 cm³/mol. The molecule has 0 fully saturated rings. The molecule has 0 aliphatic heterocycles. The largest absolute Gasteiger partial charge is 0.389 e. The van der Waals surface area contributed by atoms with Crippen LogP contribution in [0.25, 0.3) is 10.1 Å². The number of fused-ring (bicyclic) bond motifs is 1. The molecule has 1 aromatic carbocycles. The first-order chi connectivity index (χ1) is 7.72. The summed E-state index contributed by atoms with van der Waals surface area (Å²) >= 11 is 7.99. The van der Waals surface area contributed by atoms with Gasteiger partial charge in [-0.25, -0.2) is 0 Å². The van der Waals surface area contributed by atoms with Crippen LogP contribution in [0.5, 0.6) is 0 Å². The summed E-state index contributed by atoms with van der Waals surface area (Å²) < 4.78 is 1.20. The first-order valence-corrected chi connectivity index (χ1v) is 6.38. The number of halogens is 1. The van der Waals surface area contributed by atoms with Crippen LogP contribution in [0.3, 0.4) is 0 Å². The molecule has 0 aliphatic rings. The first-order valence-electron chi connectivity index (χ1n) is 5.19. The van der Waals surface area contributed by atoms with Crippen molar-refractivity contribution in [3.05, 3.63) is 46.8 Å². The van der Waals surface area contributed by atoms with E-state index in [1.54, 1.807) is 17.4 Å². The highest BCUT2D eigenvalue weighted by molar-refractivity contribution is 7.19. The third kappa shape index (κ3) is 2.29. The summed E-state index contributed by atoms with van der Waals surface area (Å²) in [5, 5.41) is 11.4. The Bertz CT molecular complexity index is 504. The average molecular weight is 253 g/mol. The van der Waals surface area contributed by atoms with Gasteiger partial charge in [0.2, 0.25) is 0 Å². The molecule has 3 heteroatoms. The molecule has 1 unspecified atom stereocenters. The van der Waals surface area contributed by atoms with Crippen molar-refractivity contribution in [1.82, 2.24) is 0 Å². The summed E-state index contributed by atoms with van der Waals surface area (Å²) in [4.78, 5) is 1.14. The lowest BCUT2D eigenvalue weighted by Gasteiger charge is -2.02. The van der Waals surface area contributed by atoms with Crippen molar-refractivity contribution in [3.8, 4) is 0 Å². The Hall–Kier alpha value is -0.830. The average Bonchev–Trinajstić information content (AvgIpc) is 2.64. The molecule has 1 N–H and O–H groups in total. The van der Waals surface area contributed by atoms with Gasteiger partial charge >= 0.3 is 0 Å². The number of rotatable bonds is 4. The molecule has 0 spiro atoms. The minimum atomic E-state index is -0.443. The molecule has 0 amide bonds. The third-order valence-electron chi connectivity index (χ3n) is 2.54. The van der Waals surface area contributed by atoms with Crippen LogP contribution in [0.1, 0.15) is 11.3 Å². The topological polar surface area (TPSA) is 20.2 Å². The Labute approximate surface area is 104 Å². The maximum Gasteiger partial charge on any atom is 0.0721 e. The maximum atomic E-state index is 9.43. The fourth-order valence-corrected chi connectivity index (χ4v) is 3.16. The van der Waals surface area contributed by atoms with Gasteiger partial charge in [0.15, 0.2) is 0 Å². The van der Waals surface area contributed by atoms with Gasteiger partial charge in [-0.05, 0) is 18.9 Å². The van der Waals surface area contributed by atoms with Crippen LogP contribution >= 0.6 is 22.9 Å². The molecule has 0 radical (unpaired) electrons. The lowest BCUT2D eigenvalue weighted by Crippen LogP contribution is -2.02. The summed E-state index contributed by atoms with van der Waals surface area (Å²) in [6, 6.07) is 8.10. The van der Waals surface area contributed by atoms with Crippen molar-refractivity contribution in [1.29, 1.82) is 0 Å². The number of benzene rings is 1. The smallest absolute Gasteiger partial charge is 0.0721 e. The van der Waals surface area contributed by atoms with Crippen LogP contribution in [0.15, 0.2) is 36.9 Å². The monoisotopic (exact) mass is 252 g/mol. The van der Waals surface area contributed by atoms with E-state index in [1.165, 1.54) is 4.70 Å². The van der Waals surface area contributed by atoms with E-state index in [2.05, 4.69) is 12.6 Å². The Balaban J connectivity index is 2.24. The van der Waals surface area contributed by atoms with Gasteiger partial charge in [0.25, 0.3) is 0 Å². The second kappa shape index (κ2) is 5.00. The standard InChI is InChI=1S/C13H13ClOS/c1-2-9(15)7-8-12-13(14)10-5-3-4-6-11(10)16-12/h2-6,9,15H,1,7-8H2. The molecule has 16 heavy (non-hydrogen) atoms. The summed E-state index contributed by atoms with van der Waals surface area (Å²) in [6.45, 7) is 3.56. The van der Waals surface area contributed by atoms with Gasteiger partial charge in [-0.2, -0.15) is 0 Å². The number of aliphatic hydroxyl groups excluding tert-OH is 1. The number of thiophene rings is 1. The molecule has 1 nitrogen and oxygen atoms in total. The van der Waals surface area contributed by atoms with Crippen LogP contribution in [0.4, 0.5) is 0 Å². The Kier molecular flexibility index (Phi) is 3.64. The molecular formula is C13H13ClOS. The molecule has 1 atom stereocenters. The Morgan fingerprint density at radius 1 is 1.44 bits per heavy atom. The number of hydrogen-bond acceptors (Lipinski definition) is 2. The van der Waals surface area contributed by atoms with E-state index in [4.69, 9.17) is 11.6 Å². The van der Waals surface area contributed by atoms with E-state index >= 15 is 0 Å². The second-order valence-electron chi connectivity index (χ2n) is 3.68. The van der Waals surface area contributed by atoms with Crippen molar-refractivity contribution >= 4 is 33.0 Å². The zero-order valence-electron chi connectivity index (χ0n) is 8.82. The van der Waals surface area contributed by atoms with Gasteiger partial charge in [-0.15, -0.1) is 17.9 Å². The van der Waals surface area contributed by atoms with Crippen molar-refractivity contribution in [2.24, 2.45) is 0 Å². The molecule has 0 bridgehead atoms. The summed E-state index contributed by atoms with van der Waals surface area (Å²) in [6.07, 6.45) is 2.59. The van der Waals surface area contributed by atoms with Crippen LogP contribution < -0.4 is 0 Å². The zero-order chi connectivity index (χ0) is 11.5. The van der Waals surface area contributed by atoms with Gasteiger partial charge in [0.05, 0.1) is 11.1 Å². The van der Waals surface area contributed by atoms with E-state index in [1.807, 2.05) is 18.2 Å². The first kappa shape index (κ1) is 11.6. The van der Waals surface area contributed by atoms with Crippen molar-refractivity contribution in [2.45, 2.75) is 18.9 Å². The highest BCUT2D eigenvalue weighted by Crippen LogP contribution is 2.35. The molecule has 1 heterocycles. The molecule has 2 aromatic rings. The minimum Gasteiger partial charge on any atom is -0.389 e. The van der Waals surface area contributed by atoms with E-state index < -0.39 is 6.10 Å². The second-order valence-corrected chi connectivity index (χ2v) is 5.19. The molecule has 2 rings (SSSR count). The fraction of sp³-hybridized carbons (Fsp3) is 0.231. The fourth-order valence-electron chi connectivity index (χ4n) is 1.62. The van der Waals surface area contributed by atoms with Gasteiger partial charge in [-0.1, -0.05) is 35.9 Å². The Morgan fingerprint density at radius 3 is 2.88 bits per heavy atom. The van der Waals surface area contributed by atoms with Gasteiger partial charge in [-0.3, -0.25) is 0 Å². The van der Waals surface area contributed by atoms with E-state index in [0.29, 0.717) is 6.42 Å². The van der Waals surface area contributed by atoms with Crippen molar-refractivity contribution in [2.75, 3.05) is 0 Å². The lowest BCUT2D eigenvalue weighted by molar-refractivity contribution is 0.214. The number of aliphatic hydroxyl groups is 1. The molecule has 84 valence electrons. The predicted octanol–water partition coefficient (Wildman–Crippen LogP) is 4.03. The van der Waals surface area contributed by atoms with Crippen LogP contribution in [-0.4, -0.2) is 11.2 Å². The van der Waals surface area contributed by atoms with E-state index in [9.17, 15) is 5.11 Å². The highest BCUT2D eigenvalue weighted by Gasteiger charge is 2.10. The van der Waals surface area contributed by atoms with Crippen molar-refractivity contribution in [3.63, 3.8) is 0 Å². The normalized spacial score (nSPS) is 12.9.